The van der Waals surface area contributed by atoms with Gasteiger partial charge >= 0.3 is 0 Å². The molecule has 1 N–H and O–H groups in total. The molecule has 1 saturated carbocycles. The number of carbonyl (C=O) groups is 1. The molecular formula is C14H11BrCl2N2O. The third kappa shape index (κ3) is 2.87. The highest BCUT2D eigenvalue weighted by atomic mass is 79.9. The number of anilines is 1. The summed E-state index contributed by atoms with van der Waals surface area (Å²) in [6.45, 7) is 0. The van der Waals surface area contributed by atoms with Gasteiger partial charge in [-0.1, -0.05) is 23.2 Å². The zero-order chi connectivity index (χ0) is 14.3. The van der Waals surface area contributed by atoms with Crippen molar-refractivity contribution in [3.63, 3.8) is 0 Å². The van der Waals surface area contributed by atoms with E-state index in [4.69, 9.17) is 23.2 Å². The molecule has 3 rings (SSSR count). The maximum Gasteiger partial charge on any atom is 0.272 e. The predicted octanol–water partition coefficient (Wildman–Crippen LogP) is 5.14. The second-order valence-electron chi connectivity index (χ2n) is 4.76. The van der Waals surface area contributed by atoms with Crippen LogP contribution in [0.2, 0.25) is 10.0 Å². The van der Waals surface area contributed by atoms with Crippen molar-refractivity contribution in [2.45, 2.75) is 18.9 Å². The average molecular weight is 374 g/mol. The van der Waals surface area contributed by atoms with E-state index in [-0.39, 0.29) is 5.91 Å². The molecule has 0 unspecified atom stereocenters. The van der Waals surface area contributed by atoms with E-state index < -0.39 is 0 Å². The Morgan fingerprint density at radius 3 is 2.65 bits per heavy atom. The van der Waals surface area contributed by atoms with Gasteiger partial charge in [-0.15, -0.1) is 0 Å². The smallest absolute Gasteiger partial charge is 0.272 e. The van der Waals surface area contributed by atoms with E-state index in [1.54, 1.807) is 24.3 Å². The van der Waals surface area contributed by atoms with E-state index in [0.29, 0.717) is 27.5 Å². The Morgan fingerprint density at radius 1 is 1.25 bits per heavy atom. The average Bonchev–Trinajstić information content (AvgIpc) is 3.16. The van der Waals surface area contributed by atoms with Gasteiger partial charge < -0.3 is 9.88 Å². The van der Waals surface area contributed by atoms with Crippen molar-refractivity contribution in [2.24, 2.45) is 0 Å². The summed E-state index contributed by atoms with van der Waals surface area (Å²) in [5.74, 6) is -0.174. The second-order valence-corrected chi connectivity index (χ2v) is 6.49. The summed E-state index contributed by atoms with van der Waals surface area (Å²) in [5, 5.41) is 4.06. The van der Waals surface area contributed by atoms with Crippen LogP contribution in [0.5, 0.6) is 0 Å². The van der Waals surface area contributed by atoms with Gasteiger partial charge in [0, 0.05) is 21.7 Å². The van der Waals surface area contributed by atoms with Gasteiger partial charge in [-0.25, -0.2) is 0 Å². The lowest BCUT2D eigenvalue weighted by atomic mass is 10.3. The molecular weight excluding hydrogens is 363 g/mol. The van der Waals surface area contributed by atoms with Crippen molar-refractivity contribution in [2.75, 3.05) is 5.32 Å². The lowest BCUT2D eigenvalue weighted by molar-refractivity contribution is 0.101. The Morgan fingerprint density at radius 2 is 2.00 bits per heavy atom. The Labute approximate surface area is 135 Å². The number of hydrogen-bond acceptors (Lipinski definition) is 1. The van der Waals surface area contributed by atoms with Crippen molar-refractivity contribution in [3.05, 3.63) is 50.7 Å². The van der Waals surface area contributed by atoms with E-state index >= 15 is 0 Å². The summed E-state index contributed by atoms with van der Waals surface area (Å²) in [4.78, 5) is 12.4. The zero-order valence-corrected chi connectivity index (χ0v) is 13.5. The topological polar surface area (TPSA) is 34.0 Å². The standard InChI is InChI=1S/C14H11BrCl2N2O/c15-11-5-8(16)1-4-12(11)18-14(20)13-6-9(17)7-19(13)10-2-3-10/h1,4-7,10H,2-3H2,(H,18,20). The van der Waals surface area contributed by atoms with Gasteiger partial charge in [-0.3, -0.25) is 4.79 Å². The molecule has 6 heteroatoms. The van der Waals surface area contributed by atoms with Crippen LogP contribution in [-0.2, 0) is 0 Å². The van der Waals surface area contributed by atoms with Crippen molar-refractivity contribution in [1.82, 2.24) is 4.57 Å². The van der Waals surface area contributed by atoms with Crippen LogP contribution in [0.15, 0.2) is 34.9 Å². The lowest BCUT2D eigenvalue weighted by Gasteiger charge is -2.10. The molecule has 3 nitrogen and oxygen atoms in total. The normalized spacial score (nSPS) is 14.3. The summed E-state index contributed by atoms with van der Waals surface area (Å²) in [6, 6.07) is 7.32. The molecule has 1 amide bonds. The summed E-state index contributed by atoms with van der Waals surface area (Å²) < 4.78 is 2.69. The minimum absolute atomic E-state index is 0.174. The van der Waals surface area contributed by atoms with Crippen LogP contribution in [0.1, 0.15) is 29.4 Å². The largest absolute Gasteiger partial charge is 0.339 e. The van der Waals surface area contributed by atoms with E-state index in [9.17, 15) is 4.79 Å². The fourth-order valence-corrected chi connectivity index (χ4v) is 3.05. The molecule has 0 bridgehead atoms. The number of benzene rings is 1. The molecule has 0 saturated heterocycles. The van der Waals surface area contributed by atoms with Crippen LogP contribution in [0.4, 0.5) is 5.69 Å². The van der Waals surface area contributed by atoms with Crippen LogP contribution in [0.25, 0.3) is 0 Å². The predicted molar refractivity (Wildman–Crippen MR) is 84.8 cm³/mol. The van der Waals surface area contributed by atoms with Crippen molar-refractivity contribution < 1.29 is 4.79 Å². The van der Waals surface area contributed by atoms with E-state index in [0.717, 1.165) is 17.3 Å². The summed E-state index contributed by atoms with van der Waals surface area (Å²) in [5.41, 5.74) is 1.26. The second kappa shape index (κ2) is 5.43. The van der Waals surface area contributed by atoms with Gasteiger partial charge in [0.25, 0.3) is 5.91 Å². The first-order valence-corrected chi connectivity index (χ1v) is 7.73. The first kappa shape index (κ1) is 14.0. The highest BCUT2D eigenvalue weighted by Crippen LogP contribution is 2.37. The van der Waals surface area contributed by atoms with Crippen LogP contribution >= 0.6 is 39.1 Å². The maximum absolute atomic E-state index is 12.4. The molecule has 0 aliphatic heterocycles. The van der Waals surface area contributed by atoms with Gasteiger partial charge in [0.05, 0.1) is 10.7 Å². The Bertz CT molecular complexity index is 680. The van der Waals surface area contributed by atoms with Crippen LogP contribution in [0.3, 0.4) is 0 Å². The van der Waals surface area contributed by atoms with Gasteiger partial charge in [0.1, 0.15) is 5.69 Å². The van der Waals surface area contributed by atoms with Gasteiger partial charge in [-0.2, -0.15) is 0 Å². The van der Waals surface area contributed by atoms with Crippen molar-refractivity contribution in [1.29, 1.82) is 0 Å². The highest BCUT2D eigenvalue weighted by molar-refractivity contribution is 9.10. The van der Waals surface area contributed by atoms with E-state index in [1.807, 2.05) is 10.8 Å². The molecule has 0 atom stereocenters. The molecule has 2 aromatic rings. The number of aromatic nitrogens is 1. The van der Waals surface area contributed by atoms with Gasteiger partial charge in [0.2, 0.25) is 0 Å². The highest BCUT2D eigenvalue weighted by Gasteiger charge is 2.28. The zero-order valence-electron chi connectivity index (χ0n) is 10.4. The molecule has 1 fully saturated rings. The fraction of sp³-hybridized carbons (Fsp3) is 0.214. The van der Waals surface area contributed by atoms with Crippen LogP contribution in [0, 0.1) is 0 Å². The van der Waals surface area contributed by atoms with Crippen LogP contribution < -0.4 is 5.32 Å². The molecule has 1 aromatic heterocycles. The number of hydrogen-bond donors (Lipinski definition) is 1. The monoisotopic (exact) mass is 372 g/mol. The minimum atomic E-state index is -0.174. The summed E-state index contributed by atoms with van der Waals surface area (Å²) >= 11 is 15.3. The molecule has 1 aliphatic carbocycles. The molecule has 1 heterocycles. The molecule has 0 spiro atoms. The number of nitrogens with one attached hydrogen (secondary N) is 1. The lowest BCUT2D eigenvalue weighted by Crippen LogP contribution is -2.16. The number of carbonyl (C=O) groups excluding carboxylic acids is 1. The fourth-order valence-electron chi connectivity index (χ4n) is 2.06. The number of nitrogens with zero attached hydrogens (tertiary/aromatic N) is 1. The first-order valence-electron chi connectivity index (χ1n) is 6.18. The Balaban J connectivity index is 1.86. The van der Waals surface area contributed by atoms with Crippen molar-refractivity contribution >= 4 is 50.7 Å². The molecule has 1 aromatic carbocycles. The van der Waals surface area contributed by atoms with Crippen molar-refractivity contribution in [3.8, 4) is 0 Å². The molecule has 1 aliphatic rings. The number of halogens is 3. The quantitative estimate of drug-likeness (QED) is 0.793. The van der Waals surface area contributed by atoms with Gasteiger partial charge in [0.15, 0.2) is 0 Å². The van der Waals surface area contributed by atoms with Crippen LogP contribution in [-0.4, -0.2) is 10.5 Å². The maximum atomic E-state index is 12.4. The third-order valence-electron chi connectivity index (χ3n) is 3.17. The molecule has 104 valence electrons. The third-order valence-corrected chi connectivity index (χ3v) is 4.27. The minimum Gasteiger partial charge on any atom is -0.339 e. The Hall–Kier alpha value is -0.970. The van der Waals surface area contributed by atoms with E-state index in [1.165, 1.54) is 0 Å². The van der Waals surface area contributed by atoms with Gasteiger partial charge in [-0.05, 0) is 53.0 Å². The number of amides is 1. The molecule has 0 radical (unpaired) electrons. The summed E-state index contributed by atoms with van der Waals surface area (Å²) in [7, 11) is 0. The molecule has 20 heavy (non-hydrogen) atoms. The first-order chi connectivity index (χ1) is 9.54. The number of rotatable bonds is 3. The summed E-state index contributed by atoms with van der Waals surface area (Å²) in [6.07, 6.45) is 4.00. The SMILES string of the molecule is O=C(Nc1ccc(Cl)cc1Br)c1cc(Cl)cn1C1CC1. The Kier molecular flexibility index (Phi) is 3.80. The van der Waals surface area contributed by atoms with E-state index in [2.05, 4.69) is 21.2 Å².